The summed E-state index contributed by atoms with van der Waals surface area (Å²) < 4.78 is 19.7. The minimum atomic E-state index is -0.460. The quantitative estimate of drug-likeness (QED) is 0.425. The minimum absolute atomic E-state index is 0.187. The van der Waals surface area contributed by atoms with E-state index < -0.39 is 11.9 Å². The van der Waals surface area contributed by atoms with Gasteiger partial charge in [-0.15, -0.1) is 0 Å². The molecule has 0 spiro atoms. The first-order chi connectivity index (χ1) is 17.0. The fourth-order valence-corrected chi connectivity index (χ4v) is 5.57. The summed E-state index contributed by atoms with van der Waals surface area (Å²) in [5.41, 5.74) is 3.92. The third kappa shape index (κ3) is 7.03. The summed E-state index contributed by atoms with van der Waals surface area (Å²) in [6.07, 6.45) is 4.51. The molecule has 0 radical (unpaired) electrons. The summed E-state index contributed by atoms with van der Waals surface area (Å²) in [5, 5.41) is 2.83. The van der Waals surface area contributed by atoms with Crippen molar-refractivity contribution >= 4 is 46.3 Å². The minimum Gasteiger partial charge on any atom is -0.409 e. The van der Waals surface area contributed by atoms with Gasteiger partial charge in [-0.3, -0.25) is 9.91 Å². The van der Waals surface area contributed by atoms with Gasteiger partial charge in [0.2, 0.25) is 0 Å². The normalized spacial score (nSPS) is 21.3. The first-order valence-electron chi connectivity index (χ1n) is 12.5. The maximum Gasteiger partial charge on any atom is 0.415 e. The number of hydrogen-bond acceptors (Lipinski definition) is 7. The van der Waals surface area contributed by atoms with Crippen LogP contribution in [0.4, 0.5) is 9.18 Å². The van der Waals surface area contributed by atoms with E-state index in [1.165, 1.54) is 23.9 Å². The van der Waals surface area contributed by atoms with Gasteiger partial charge in [-0.05, 0) is 62.3 Å². The lowest BCUT2D eigenvalue weighted by Crippen LogP contribution is -2.45. The standard InChI is InChI=1S/C23H30FN5O2S2.C2H6/c1-3-27(4-2)18-9-12-28(15-18)23(30)31-19-14-17(24)8-7-16(19)13-20-21(32)26-22(33-20)29-11-6-5-10-25-29;1-2/h7-8,13-14,18,25H,3-6,9-12,15H2,1-2H3;1-2H3/b20-13-;. The predicted octanol–water partition coefficient (Wildman–Crippen LogP) is 5.14. The van der Waals surface area contributed by atoms with Crippen molar-refractivity contribution in [3.63, 3.8) is 0 Å². The Labute approximate surface area is 217 Å². The van der Waals surface area contributed by atoms with Crippen LogP contribution in [-0.4, -0.2) is 76.4 Å². The Bertz CT molecular complexity index is 961. The highest BCUT2D eigenvalue weighted by Crippen LogP contribution is 2.34. The van der Waals surface area contributed by atoms with Crippen molar-refractivity contribution in [1.29, 1.82) is 0 Å². The van der Waals surface area contributed by atoms with Gasteiger partial charge in [0.25, 0.3) is 0 Å². The van der Waals surface area contributed by atoms with Gasteiger partial charge >= 0.3 is 6.09 Å². The van der Waals surface area contributed by atoms with Crippen LogP contribution in [0, 0.1) is 5.82 Å². The molecule has 192 valence electrons. The van der Waals surface area contributed by atoms with Gasteiger partial charge in [0.05, 0.1) is 4.91 Å². The van der Waals surface area contributed by atoms with Crippen molar-refractivity contribution in [2.75, 3.05) is 39.3 Å². The molecule has 3 aliphatic heterocycles. The Morgan fingerprint density at radius 1 is 1.31 bits per heavy atom. The molecule has 2 fully saturated rings. The molecule has 0 aromatic heterocycles. The maximum atomic E-state index is 14.0. The number of amidine groups is 1. The van der Waals surface area contributed by atoms with Crippen LogP contribution in [0.15, 0.2) is 28.1 Å². The number of carbonyl (C=O) groups is 1. The van der Waals surface area contributed by atoms with Crippen molar-refractivity contribution in [2.45, 2.75) is 53.0 Å². The number of nitrogens with zero attached hydrogens (tertiary/aromatic N) is 4. The van der Waals surface area contributed by atoms with E-state index in [0.717, 1.165) is 55.5 Å². The van der Waals surface area contributed by atoms with E-state index in [0.29, 0.717) is 29.7 Å². The molecule has 4 rings (SSSR count). The summed E-state index contributed by atoms with van der Waals surface area (Å²) in [4.78, 5) is 22.7. The highest BCUT2D eigenvalue weighted by atomic mass is 32.2. The molecular formula is C25H36FN5O2S2. The summed E-state index contributed by atoms with van der Waals surface area (Å²) in [6, 6.07) is 4.53. The van der Waals surface area contributed by atoms with E-state index in [1.807, 2.05) is 24.9 Å². The predicted molar refractivity (Wildman–Crippen MR) is 146 cm³/mol. The maximum absolute atomic E-state index is 14.0. The van der Waals surface area contributed by atoms with Crippen LogP contribution in [0.1, 0.15) is 52.5 Å². The lowest BCUT2D eigenvalue weighted by Gasteiger charge is -2.28. The number of thiocarbonyl (C=S) groups is 1. The Kier molecular flexibility index (Phi) is 10.5. The molecule has 1 amide bonds. The lowest BCUT2D eigenvalue weighted by molar-refractivity contribution is 0.154. The molecule has 0 bridgehead atoms. The van der Waals surface area contributed by atoms with Crippen molar-refractivity contribution in [3.05, 3.63) is 34.5 Å². The van der Waals surface area contributed by atoms with Crippen LogP contribution in [0.2, 0.25) is 0 Å². The fourth-order valence-electron chi connectivity index (χ4n) is 4.33. The summed E-state index contributed by atoms with van der Waals surface area (Å²) in [7, 11) is 0. The zero-order chi connectivity index (χ0) is 25.4. The number of likely N-dealkylation sites (N-methyl/N-ethyl adjacent to an activating group) is 1. The Balaban J connectivity index is 0.00000167. The van der Waals surface area contributed by atoms with Gasteiger partial charge in [0.15, 0.2) is 5.17 Å². The van der Waals surface area contributed by atoms with Crippen LogP contribution in [0.5, 0.6) is 5.75 Å². The Morgan fingerprint density at radius 2 is 2.09 bits per heavy atom. The van der Waals surface area contributed by atoms with E-state index in [1.54, 1.807) is 11.0 Å². The van der Waals surface area contributed by atoms with Crippen LogP contribution in [-0.2, 0) is 0 Å². The molecule has 10 heteroatoms. The van der Waals surface area contributed by atoms with Gasteiger partial charge < -0.3 is 9.64 Å². The highest BCUT2D eigenvalue weighted by Gasteiger charge is 2.31. The topological polar surface area (TPSA) is 60.4 Å². The highest BCUT2D eigenvalue weighted by molar-refractivity contribution is 8.19. The smallest absolute Gasteiger partial charge is 0.409 e. The number of carbonyl (C=O) groups excluding carboxylic acids is 1. The average Bonchev–Trinajstić information content (AvgIpc) is 3.51. The molecule has 0 aliphatic carbocycles. The molecule has 1 unspecified atom stereocenters. The van der Waals surface area contributed by atoms with E-state index in [9.17, 15) is 9.18 Å². The largest absolute Gasteiger partial charge is 0.415 e. The first kappa shape index (κ1) is 27.6. The van der Waals surface area contributed by atoms with Crippen molar-refractivity contribution in [1.82, 2.24) is 20.2 Å². The van der Waals surface area contributed by atoms with Gasteiger partial charge in [-0.25, -0.2) is 19.6 Å². The molecule has 1 aromatic carbocycles. The summed E-state index contributed by atoms with van der Waals surface area (Å²) >= 11 is 6.93. The SMILES string of the molecule is CC.CCN(CC)C1CCN(C(=O)Oc2cc(F)ccc2/C=C2\SC(N3CCCCN3)=NC2=S)C1. The number of aliphatic imine (C=N–C) groups is 1. The van der Waals surface area contributed by atoms with Gasteiger partial charge in [-0.1, -0.05) is 39.9 Å². The number of benzene rings is 1. The van der Waals surface area contributed by atoms with Crippen molar-refractivity contribution in [2.24, 2.45) is 4.99 Å². The number of nitrogens with one attached hydrogen (secondary N) is 1. The second-order valence-electron chi connectivity index (χ2n) is 8.24. The van der Waals surface area contributed by atoms with Crippen LogP contribution in [0.3, 0.4) is 0 Å². The Morgan fingerprint density at radius 3 is 2.77 bits per heavy atom. The molecule has 1 atom stereocenters. The van der Waals surface area contributed by atoms with E-state index in [4.69, 9.17) is 17.0 Å². The van der Waals surface area contributed by atoms with Crippen molar-refractivity contribution in [3.8, 4) is 5.75 Å². The first-order valence-corrected chi connectivity index (χ1v) is 13.7. The number of likely N-dealkylation sites (tertiary alicyclic amines) is 1. The lowest BCUT2D eigenvalue weighted by atomic mass is 10.2. The number of halogens is 1. The summed E-state index contributed by atoms with van der Waals surface area (Å²) in [5.74, 6) is -0.273. The van der Waals surface area contributed by atoms with E-state index in [-0.39, 0.29) is 5.75 Å². The average molecular weight is 522 g/mol. The van der Waals surface area contributed by atoms with Crippen LogP contribution in [0.25, 0.3) is 6.08 Å². The second kappa shape index (κ2) is 13.3. The molecule has 3 aliphatic rings. The third-order valence-corrected chi connectivity index (χ3v) is 7.63. The Hall–Kier alpha value is -2.01. The number of rotatable bonds is 5. The monoisotopic (exact) mass is 521 g/mol. The molecule has 1 N–H and O–H groups in total. The fraction of sp³-hybridized carbons (Fsp3) is 0.560. The molecule has 1 aromatic rings. The molecule has 35 heavy (non-hydrogen) atoms. The van der Waals surface area contributed by atoms with E-state index in [2.05, 4.69) is 29.2 Å². The zero-order valence-corrected chi connectivity index (χ0v) is 22.7. The molecule has 0 saturated carbocycles. The number of thioether (sulfide) groups is 1. The molecule has 2 saturated heterocycles. The molecule has 3 heterocycles. The van der Waals surface area contributed by atoms with E-state index >= 15 is 0 Å². The molecular weight excluding hydrogens is 485 g/mol. The second-order valence-corrected chi connectivity index (χ2v) is 9.63. The molecule has 7 nitrogen and oxygen atoms in total. The number of amides is 1. The number of ether oxygens (including phenoxy) is 1. The third-order valence-electron chi connectivity index (χ3n) is 6.16. The summed E-state index contributed by atoms with van der Waals surface area (Å²) in [6.45, 7) is 13.2. The van der Waals surface area contributed by atoms with Crippen LogP contribution >= 0.6 is 24.0 Å². The van der Waals surface area contributed by atoms with Gasteiger partial charge in [-0.2, -0.15) is 0 Å². The van der Waals surface area contributed by atoms with Gasteiger partial charge in [0, 0.05) is 43.9 Å². The number of hydrazine groups is 1. The van der Waals surface area contributed by atoms with Crippen LogP contribution < -0.4 is 10.2 Å². The number of hydrogen-bond donors (Lipinski definition) is 1. The zero-order valence-electron chi connectivity index (χ0n) is 21.1. The van der Waals surface area contributed by atoms with Crippen molar-refractivity contribution < 1.29 is 13.9 Å². The van der Waals surface area contributed by atoms with Gasteiger partial charge in [0.1, 0.15) is 16.6 Å².